The zero-order chi connectivity index (χ0) is 16.0. The summed E-state index contributed by atoms with van der Waals surface area (Å²) in [4.78, 5) is 8.67. The fourth-order valence-electron chi connectivity index (χ4n) is 2.58. The lowest BCUT2D eigenvalue weighted by molar-refractivity contribution is 0.431. The van der Waals surface area contributed by atoms with Crippen molar-refractivity contribution in [2.24, 2.45) is 7.05 Å². The van der Waals surface area contributed by atoms with Crippen LogP contribution in [0.5, 0.6) is 0 Å². The Balaban J connectivity index is 1.68. The maximum atomic E-state index is 5.39. The molecule has 3 aromatic rings. The first-order valence-electron chi connectivity index (χ1n) is 7.40. The van der Waals surface area contributed by atoms with E-state index in [0.29, 0.717) is 23.6 Å². The van der Waals surface area contributed by atoms with Crippen LogP contribution < -0.4 is 16.0 Å². The van der Waals surface area contributed by atoms with Crippen LogP contribution in [-0.2, 0) is 7.05 Å². The molecule has 118 valence electrons. The van der Waals surface area contributed by atoms with Crippen LogP contribution in [0.2, 0.25) is 0 Å². The topological polar surface area (TPSA) is 84.0 Å². The van der Waals surface area contributed by atoms with E-state index in [2.05, 4.69) is 44.9 Å². The summed E-state index contributed by atoms with van der Waals surface area (Å²) >= 11 is 0. The van der Waals surface area contributed by atoms with Crippen molar-refractivity contribution in [1.29, 1.82) is 0 Å². The van der Waals surface area contributed by atoms with Gasteiger partial charge in [-0.2, -0.15) is 4.98 Å². The number of aryl methyl sites for hydroxylation is 1. The van der Waals surface area contributed by atoms with Gasteiger partial charge in [0.25, 0.3) is 5.89 Å². The van der Waals surface area contributed by atoms with Gasteiger partial charge in [-0.25, -0.2) is 4.98 Å². The molecular formula is C15H17N7O. The summed E-state index contributed by atoms with van der Waals surface area (Å²) in [5.41, 5.74) is 9.22. The van der Waals surface area contributed by atoms with Gasteiger partial charge in [0, 0.05) is 31.0 Å². The molecule has 1 aromatic carbocycles. The van der Waals surface area contributed by atoms with E-state index in [-0.39, 0.29) is 0 Å². The van der Waals surface area contributed by atoms with E-state index in [1.807, 2.05) is 36.0 Å². The zero-order valence-electron chi connectivity index (χ0n) is 13.1. The molecule has 0 bridgehead atoms. The molecule has 0 atom stereocenters. The third-order valence-electron chi connectivity index (χ3n) is 3.78. The highest BCUT2D eigenvalue weighted by molar-refractivity contribution is 5.78. The molecule has 0 aliphatic carbocycles. The molecule has 3 heterocycles. The van der Waals surface area contributed by atoms with Crippen molar-refractivity contribution in [3.63, 3.8) is 0 Å². The summed E-state index contributed by atoms with van der Waals surface area (Å²) in [6.45, 7) is 4.24. The fraction of sp³-hybridized carbons (Fsp3) is 0.267. The van der Waals surface area contributed by atoms with Crippen LogP contribution >= 0.6 is 0 Å². The standard InChI is InChI=1S/C15H17N7O/c1-9(2)22-12-5-4-10(8-11(12)18-20-22)15-17-13(19-23-15)14-16-6-7-21(14)3/h4-9,18,20H,1-3H3. The lowest BCUT2D eigenvalue weighted by atomic mass is 10.1. The van der Waals surface area contributed by atoms with Crippen LogP contribution in [0, 0.1) is 0 Å². The monoisotopic (exact) mass is 311 g/mol. The smallest absolute Gasteiger partial charge is 0.258 e. The Morgan fingerprint density at radius 2 is 2.13 bits per heavy atom. The molecule has 1 aliphatic rings. The first-order chi connectivity index (χ1) is 11.1. The predicted molar refractivity (Wildman–Crippen MR) is 86.3 cm³/mol. The van der Waals surface area contributed by atoms with Crippen LogP contribution in [0.1, 0.15) is 13.8 Å². The van der Waals surface area contributed by atoms with Gasteiger partial charge in [-0.1, -0.05) is 5.16 Å². The predicted octanol–water partition coefficient (Wildman–Crippen LogP) is 2.20. The number of imidazole rings is 1. The second kappa shape index (κ2) is 5.10. The molecule has 0 saturated heterocycles. The number of nitrogens with zero attached hydrogens (tertiary/aromatic N) is 5. The van der Waals surface area contributed by atoms with E-state index in [9.17, 15) is 0 Å². The van der Waals surface area contributed by atoms with E-state index in [4.69, 9.17) is 4.52 Å². The molecule has 0 radical (unpaired) electrons. The van der Waals surface area contributed by atoms with Crippen molar-refractivity contribution >= 4 is 11.4 Å². The van der Waals surface area contributed by atoms with Crippen molar-refractivity contribution in [1.82, 2.24) is 25.2 Å². The van der Waals surface area contributed by atoms with Gasteiger partial charge in [0.15, 0.2) is 5.82 Å². The minimum absolute atomic E-state index is 0.341. The zero-order valence-corrected chi connectivity index (χ0v) is 13.1. The first kappa shape index (κ1) is 13.8. The normalized spacial score (nSPS) is 13.5. The molecule has 0 saturated carbocycles. The van der Waals surface area contributed by atoms with Gasteiger partial charge in [-0.15, -0.1) is 5.53 Å². The molecular weight excluding hydrogens is 294 g/mol. The number of aromatic nitrogens is 4. The Hall–Kier alpha value is -2.87. The molecule has 0 amide bonds. The van der Waals surface area contributed by atoms with Gasteiger partial charge >= 0.3 is 0 Å². The van der Waals surface area contributed by atoms with Gasteiger partial charge in [-0.05, 0) is 32.0 Å². The van der Waals surface area contributed by atoms with E-state index in [1.165, 1.54) is 0 Å². The van der Waals surface area contributed by atoms with Gasteiger partial charge in [0.2, 0.25) is 5.82 Å². The second-order valence-electron chi connectivity index (χ2n) is 5.72. The molecule has 1 aliphatic heterocycles. The van der Waals surface area contributed by atoms with E-state index < -0.39 is 0 Å². The van der Waals surface area contributed by atoms with Crippen LogP contribution in [-0.4, -0.2) is 25.7 Å². The summed E-state index contributed by atoms with van der Waals surface area (Å²) in [6.07, 6.45) is 3.55. The highest BCUT2D eigenvalue weighted by atomic mass is 16.5. The Morgan fingerprint density at radius 1 is 1.26 bits per heavy atom. The number of hydrogen-bond acceptors (Lipinski definition) is 7. The van der Waals surface area contributed by atoms with Crippen molar-refractivity contribution in [3.8, 4) is 23.1 Å². The molecule has 8 heteroatoms. The first-order valence-corrected chi connectivity index (χ1v) is 7.40. The van der Waals surface area contributed by atoms with E-state index in [1.54, 1.807) is 6.20 Å². The quantitative estimate of drug-likeness (QED) is 0.767. The highest BCUT2D eigenvalue weighted by Crippen LogP contribution is 2.34. The number of fused-ring (bicyclic) bond motifs is 1. The lowest BCUT2D eigenvalue weighted by Gasteiger charge is -2.21. The largest absolute Gasteiger partial charge is 0.333 e. The number of anilines is 2. The average molecular weight is 311 g/mol. The van der Waals surface area contributed by atoms with Gasteiger partial charge in [0.05, 0.1) is 11.4 Å². The van der Waals surface area contributed by atoms with Crippen LogP contribution in [0.25, 0.3) is 23.1 Å². The molecule has 2 N–H and O–H groups in total. The summed E-state index contributed by atoms with van der Waals surface area (Å²) in [5, 5.41) is 6.08. The summed E-state index contributed by atoms with van der Waals surface area (Å²) in [7, 11) is 1.89. The van der Waals surface area contributed by atoms with Crippen molar-refractivity contribution < 1.29 is 4.52 Å². The maximum absolute atomic E-state index is 5.39. The Bertz CT molecular complexity index is 851. The number of benzene rings is 1. The summed E-state index contributed by atoms with van der Waals surface area (Å²) in [5.74, 6) is 1.62. The van der Waals surface area contributed by atoms with Crippen LogP contribution in [0.3, 0.4) is 0 Å². The molecule has 0 unspecified atom stereocenters. The molecule has 2 aromatic heterocycles. The third-order valence-corrected chi connectivity index (χ3v) is 3.78. The highest BCUT2D eigenvalue weighted by Gasteiger charge is 2.22. The average Bonchev–Trinajstić information content (AvgIpc) is 3.24. The summed E-state index contributed by atoms with van der Waals surface area (Å²) < 4.78 is 7.24. The third kappa shape index (κ3) is 2.23. The number of rotatable bonds is 3. The minimum atomic E-state index is 0.341. The Kier molecular flexibility index (Phi) is 3.05. The van der Waals surface area contributed by atoms with Crippen molar-refractivity contribution in [2.75, 3.05) is 10.4 Å². The van der Waals surface area contributed by atoms with Gasteiger partial charge < -0.3 is 14.5 Å². The van der Waals surface area contributed by atoms with Gasteiger partial charge in [0.1, 0.15) is 0 Å². The molecule has 23 heavy (non-hydrogen) atoms. The SMILES string of the molecule is CC(C)N1NNc2cc(-c3nc(-c4nccn4C)no3)ccc21. The minimum Gasteiger partial charge on any atom is -0.333 e. The maximum Gasteiger partial charge on any atom is 0.258 e. The molecule has 0 fully saturated rings. The van der Waals surface area contributed by atoms with E-state index in [0.717, 1.165) is 16.9 Å². The number of hydrogen-bond donors (Lipinski definition) is 2. The van der Waals surface area contributed by atoms with Crippen molar-refractivity contribution in [3.05, 3.63) is 30.6 Å². The molecule has 8 nitrogen and oxygen atoms in total. The lowest BCUT2D eigenvalue weighted by Crippen LogP contribution is -2.41. The van der Waals surface area contributed by atoms with Crippen LogP contribution in [0.4, 0.5) is 11.4 Å². The van der Waals surface area contributed by atoms with Crippen LogP contribution in [0.15, 0.2) is 35.1 Å². The Labute approximate surface area is 133 Å². The fourth-order valence-corrected chi connectivity index (χ4v) is 2.58. The van der Waals surface area contributed by atoms with Crippen molar-refractivity contribution in [2.45, 2.75) is 19.9 Å². The molecule has 4 rings (SSSR count). The molecule has 0 spiro atoms. The van der Waals surface area contributed by atoms with E-state index >= 15 is 0 Å². The number of nitrogens with one attached hydrogen (secondary N) is 2. The number of hydrazine groups is 2. The second-order valence-corrected chi connectivity index (χ2v) is 5.72. The summed E-state index contributed by atoms with van der Waals surface area (Å²) in [6, 6.07) is 6.33. The Morgan fingerprint density at radius 3 is 2.87 bits per heavy atom. The van der Waals surface area contributed by atoms with Gasteiger partial charge in [-0.3, -0.25) is 5.01 Å².